The van der Waals surface area contributed by atoms with Gasteiger partial charge in [0.05, 0.1) is 17.7 Å². The maximum absolute atomic E-state index is 13.7. The molecule has 0 atom stereocenters. The molecule has 0 saturated carbocycles. The van der Waals surface area contributed by atoms with E-state index in [2.05, 4.69) is 10.3 Å². The highest BCUT2D eigenvalue weighted by molar-refractivity contribution is 6.62. The Labute approximate surface area is 221 Å². The van der Waals surface area contributed by atoms with Gasteiger partial charge < -0.3 is 24.8 Å². The summed E-state index contributed by atoms with van der Waals surface area (Å²) in [5, 5.41) is 3.66. The molecular weight excluding hydrogens is 484 g/mol. The van der Waals surface area contributed by atoms with Crippen molar-refractivity contribution in [2.75, 3.05) is 5.73 Å². The average Bonchev–Trinajstić information content (AvgIpc) is 3.38. The predicted molar refractivity (Wildman–Crippen MR) is 147 cm³/mol. The zero-order chi connectivity index (χ0) is 27.1. The number of nitrogens with two attached hydrogens (primary N) is 1. The van der Waals surface area contributed by atoms with Gasteiger partial charge in [0.2, 0.25) is 5.91 Å². The smallest absolute Gasteiger partial charge is 0.459 e. The summed E-state index contributed by atoms with van der Waals surface area (Å²) in [7, 11) is -0.574. The maximum Gasteiger partial charge on any atom is 0.494 e. The van der Waals surface area contributed by atoms with Gasteiger partial charge in [-0.05, 0) is 80.7 Å². The number of anilines is 1. The minimum Gasteiger partial charge on any atom is -0.459 e. The Kier molecular flexibility index (Phi) is 6.59. The Morgan fingerprint density at radius 1 is 1.05 bits per heavy atom. The monoisotopic (exact) mass is 513 g/mol. The summed E-state index contributed by atoms with van der Waals surface area (Å²) in [4.78, 5) is 16.4. The van der Waals surface area contributed by atoms with Gasteiger partial charge in [0.1, 0.15) is 23.0 Å². The Morgan fingerprint density at radius 2 is 1.76 bits per heavy atom. The van der Waals surface area contributed by atoms with E-state index in [0.717, 1.165) is 27.5 Å². The summed E-state index contributed by atoms with van der Waals surface area (Å²) in [5.41, 5.74) is 8.39. The molecule has 0 bridgehead atoms. The number of benzene rings is 2. The molecule has 1 fully saturated rings. The molecule has 1 aliphatic heterocycles. The van der Waals surface area contributed by atoms with Crippen molar-refractivity contribution in [1.82, 2.24) is 10.3 Å². The number of nitrogens with zero attached hydrogens (tertiary/aromatic N) is 1. The van der Waals surface area contributed by atoms with E-state index >= 15 is 0 Å². The number of hydrogen-bond acceptors (Lipinski definition) is 6. The topological polar surface area (TPSA) is 99.6 Å². The summed E-state index contributed by atoms with van der Waals surface area (Å²) in [6.45, 7) is 8.20. The number of amides is 1. The van der Waals surface area contributed by atoms with E-state index in [1.54, 1.807) is 36.5 Å². The summed E-state index contributed by atoms with van der Waals surface area (Å²) in [6, 6.07) is 15.5. The van der Waals surface area contributed by atoms with Crippen LogP contribution in [0.2, 0.25) is 0 Å². The molecule has 1 aliphatic rings. The molecule has 4 aromatic rings. The first-order chi connectivity index (χ1) is 18.0. The SMILES string of the molecule is CC1(C)OB(c2cc(-c3ccc(F)cc3)c3oc(CNC(=O)/C=C/c4ccc(N)nc4)cc3c2)OC1(C)C. The van der Waals surface area contributed by atoms with Gasteiger partial charge in [-0.1, -0.05) is 24.3 Å². The highest BCUT2D eigenvalue weighted by Gasteiger charge is 2.51. The van der Waals surface area contributed by atoms with Crippen molar-refractivity contribution < 1.29 is 22.9 Å². The molecule has 194 valence electrons. The number of halogens is 1. The van der Waals surface area contributed by atoms with Crippen LogP contribution in [0.3, 0.4) is 0 Å². The molecule has 1 saturated heterocycles. The number of hydrogen-bond donors (Lipinski definition) is 2. The lowest BCUT2D eigenvalue weighted by molar-refractivity contribution is -0.116. The van der Waals surface area contributed by atoms with Crippen LogP contribution in [0.5, 0.6) is 0 Å². The molecule has 0 aliphatic carbocycles. The van der Waals surface area contributed by atoms with Crippen molar-refractivity contribution in [3.05, 3.63) is 84.0 Å². The quantitative estimate of drug-likeness (QED) is 0.283. The molecule has 2 aromatic heterocycles. The van der Waals surface area contributed by atoms with Gasteiger partial charge in [-0.3, -0.25) is 4.79 Å². The zero-order valence-electron chi connectivity index (χ0n) is 21.7. The molecule has 1 amide bonds. The molecule has 38 heavy (non-hydrogen) atoms. The van der Waals surface area contributed by atoms with Crippen LogP contribution in [-0.4, -0.2) is 29.2 Å². The fraction of sp³-hybridized carbons (Fsp3) is 0.241. The normalized spacial score (nSPS) is 16.4. The minimum atomic E-state index is -0.574. The number of carbonyl (C=O) groups excluding carboxylic acids is 1. The van der Waals surface area contributed by atoms with Gasteiger partial charge in [0.15, 0.2) is 0 Å². The number of aromatic nitrogens is 1. The molecule has 3 N–H and O–H groups in total. The van der Waals surface area contributed by atoms with E-state index in [4.69, 9.17) is 19.5 Å². The van der Waals surface area contributed by atoms with Gasteiger partial charge in [0, 0.05) is 23.2 Å². The number of nitrogens with one attached hydrogen (secondary N) is 1. The lowest BCUT2D eigenvalue weighted by atomic mass is 9.77. The fourth-order valence-electron chi connectivity index (χ4n) is 4.20. The van der Waals surface area contributed by atoms with Crippen molar-refractivity contribution in [2.24, 2.45) is 0 Å². The largest absolute Gasteiger partial charge is 0.494 e. The summed E-state index contributed by atoms with van der Waals surface area (Å²) >= 11 is 0. The number of rotatable bonds is 6. The average molecular weight is 513 g/mol. The molecule has 5 rings (SSSR count). The molecule has 7 nitrogen and oxygen atoms in total. The number of fused-ring (bicyclic) bond motifs is 1. The van der Waals surface area contributed by atoms with Gasteiger partial charge in [-0.2, -0.15) is 0 Å². The van der Waals surface area contributed by atoms with Gasteiger partial charge >= 0.3 is 7.12 Å². The zero-order valence-corrected chi connectivity index (χ0v) is 21.7. The first-order valence-electron chi connectivity index (χ1n) is 12.4. The van der Waals surface area contributed by atoms with E-state index in [-0.39, 0.29) is 18.3 Å². The lowest BCUT2D eigenvalue weighted by Gasteiger charge is -2.32. The Hall–Kier alpha value is -3.95. The number of pyridine rings is 1. The first-order valence-corrected chi connectivity index (χ1v) is 12.4. The van der Waals surface area contributed by atoms with Crippen LogP contribution in [0.4, 0.5) is 10.2 Å². The highest BCUT2D eigenvalue weighted by Crippen LogP contribution is 2.38. The van der Waals surface area contributed by atoms with Crippen molar-refractivity contribution in [2.45, 2.75) is 45.4 Å². The number of carbonyl (C=O) groups is 1. The fourth-order valence-corrected chi connectivity index (χ4v) is 4.20. The van der Waals surface area contributed by atoms with E-state index < -0.39 is 18.3 Å². The third-order valence-electron chi connectivity index (χ3n) is 7.04. The van der Waals surface area contributed by atoms with Crippen molar-refractivity contribution in [3.8, 4) is 11.1 Å². The second-order valence-electron chi connectivity index (χ2n) is 10.4. The van der Waals surface area contributed by atoms with Crippen molar-refractivity contribution >= 4 is 41.4 Å². The third-order valence-corrected chi connectivity index (χ3v) is 7.04. The minimum absolute atomic E-state index is 0.187. The van der Waals surface area contributed by atoms with Crippen LogP contribution in [0.1, 0.15) is 39.0 Å². The van der Waals surface area contributed by atoms with Gasteiger partial charge in [0.25, 0.3) is 0 Å². The molecule has 2 aromatic carbocycles. The standard InChI is InChI=1S/C29H29BFN3O4/c1-28(2)29(3,4)38-30(37-28)21-13-20-14-23(17-34-26(35)12-6-18-5-11-25(32)33-16-18)36-27(20)24(15-21)19-7-9-22(31)10-8-19/h5-16H,17H2,1-4H3,(H2,32,33)(H,34,35)/b12-6+. The van der Waals surface area contributed by atoms with Crippen LogP contribution < -0.4 is 16.5 Å². The summed E-state index contributed by atoms with van der Waals surface area (Å²) in [6.07, 6.45) is 4.67. The molecule has 0 spiro atoms. The molecule has 0 radical (unpaired) electrons. The first kappa shape index (κ1) is 25.7. The van der Waals surface area contributed by atoms with Crippen LogP contribution >= 0.6 is 0 Å². The Bertz CT molecular complexity index is 1500. The molecule has 0 unspecified atom stereocenters. The van der Waals surface area contributed by atoms with Crippen LogP contribution in [0, 0.1) is 5.82 Å². The van der Waals surface area contributed by atoms with E-state index in [0.29, 0.717) is 17.2 Å². The van der Waals surface area contributed by atoms with Crippen LogP contribution in [0.25, 0.3) is 28.2 Å². The predicted octanol–water partition coefficient (Wildman–Crippen LogP) is 4.84. The third kappa shape index (κ3) is 5.21. The second kappa shape index (κ2) is 9.74. The molecule has 3 heterocycles. The summed E-state index contributed by atoms with van der Waals surface area (Å²) in [5.74, 6) is 0.389. The van der Waals surface area contributed by atoms with Crippen LogP contribution in [0.15, 0.2) is 71.3 Å². The van der Waals surface area contributed by atoms with E-state index in [1.807, 2.05) is 45.9 Å². The second-order valence-corrected chi connectivity index (χ2v) is 10.4. The molecule has 9 heteroatoms. The highest BCUT2D eigenvalue weighted by atomic mass is 19.1. The van der Waals surface area contributed by atoms with Gasteiger partial charge in [-0.25, -0.2) is 9.37 Å². The van der Waals surface area contributed by atoms with Crippen molar-refractivity contribution in [3.63, 3.8) is 0 Å². The maximum atomic E-state index is 13.7. The van der Waals surface area contributed by atoms with E-state index in [1.165, 1.54) is 18.2 Å². The number of nitrogen functional groups attached to an aromatic ring is 1. The molecular formula is C29H29BFN3O4. The van der Waals surface area contributed by atoms with E-state index in [9.17, 15) is 9.18 Å². The summed E-state index contributed by atoms with van der Waals surface area (Å²) < 4.78 is 32.4. The Morgan fingerprint density at radius 3 is 2.42 bits per heavy atom. The lowest BCUT2D eigenvalue weighted by Crippen LogP contribution is -2.41. The van der Waals surface area contributed by atoms with Crippen LogP contribution in [-0.2, 0) is 20.6 Å². The van der Waals surface area contributed by atoms with Crippen molar-refractivity contribution in [1.29, 1.82) is 0 Å². The number of furan rings is 1. The Balaban J connectivity index is 1.43. The van der Waals surface area contributed by atoms with Gasteiger partial charge in [-0.15, -0.1) is 0 Å².